The second-order valence-corrected chi connectivity index (χ2v) is 8.23. The fourth-order valence-electron chi connectivity index (χ4n) is 3.04. The van der Waals surface area contributed by atoms with Crippen LogP contribution in [0.5, 0.6) is 5.75 Å². The lowest BCUT2D eigenvalue weighted by molar-refractivity contribution is -0.158. The molecule has 7 heteroatoms. The molecule has 1 aliphatic rings. The molecule has 0 spiro atoms. The van der Waals surface area contributed by atoms with Crippen molar-refractivity contribution >= 4 is 29.2 Å². The zero-order valence-electron chi connectivity index (χ0n) is 16.7. The molecule has 0 aliphatic carbocycles. The number of esters is 1. The van der Waals surface area contributed by atoms with E-state index in [0.717, 1.165) is 12.0 Å². The molecule has 0 saturated carbocycles. The van der Waals surface area contributed by atoms with Gasteiger partial charge in [-0.1, -0.05) is 29.8 Å². The second kappa shape index (κ2) is 8.43. The lowest BCUT2D eigenvalue weighted by atomic mass is 9.98. The Hall–Kier alpha value is -2.57. The molecule has 1 heterocycles. The van der Waals surface area contributed by atoms with Crippen LogP contribution in [-0.4, -0.2) is 23.6 Å². The Kier molecular flexibility index (Phi) is 6.15. The van der Waals surface area contributed by atoms with Crippen molar-refractivity contribution in [3.8, 4) is 5.75 Å². The number of benzene rings is 2. The van der Waals surface area contributed by atoms with E-state index < -0.39 is 23.7 Å². The average Bonchev–Trinajstić information content (AvgIpc) is 2.67. The molecule has 154 valence electrons. The quantitative estimate of drug-likeness (QED) is 0.694. The molecule has 2 unspecified atom stereocenters. The van der Waals surface area contributed by atoms with Crippen LogP contribution in [0.15, 0.2) is 42.5 Å². The van der Waals surface area contributed by atoms with Gasteiger partial charge >= 0.3 is 5.97 Å². The first kappa shape index (κ1) is 21.1. The van der Waals surface area contributed by atoms with Crippen molar-refractivity contribution in [2.75, 3.05) is 5.32 Å². The molecule has 0 saturated heterocycles. The summed E-state index contributed by atoms with van der Waals surface area (Å²) in [5.74, 6) is -0.221. The van der Waals surface area contributed by atoms with Crippen molar-refractivity contribution in [1.29, 1.82) is 0 Å². The number of rotatable bonds is 6. The van der Waals surface area contributed by atoms with Gasteiger partial charge in [-0.2, -0.15) is 0 Å². The largest absolute Gasteiger partial charge is 0.479 e. The first-order valence-electron chi connectivity index (χ1n) is 9.49. The number of fused-ring (bicyclic) bond motifs is 1. The molecule has 0 fully saturated rings. The maximum absolute atomic E-state index is 12.6. The summed E-state index contributed by atoms with van der Waals surface area (Å²) >= 11 is 5.91. The van der Waals surface area contributed by atoms with E-state index in [0.29, 0.717) is 28.4 Å². The number of amides is 1. The Morgan fingerprint density at radius 2 is 1.97 bits per heavy atom. The van der Waals surface area contributed by atoms with Crippen LogP contribution in [0.25, 0.3) is 0 Å². The third-order valence-corrected chi connectivity index (χ3v) is 5.11. The molecule has 6 nitrogen and oxygen atoms in total. The minimum absolute atomic E-state index is 0.242. The highest BCUT2D eigenvalue weighted by atomic mass is 35.5. The molecular weight excluding hydrogens is 392 g/mol. The van der Waals surface area contributed by atoms with E-state index in [4.69, 9.17) is 26.8 Å². The van der Waals surface area contributed by atoms with Gasteiger partial charge in [-0.3, -0.25) is 4.79 Å². The van der Waals surface area contributed by atoms with E-state index >= 15 is 0 Å². The summed E-state index contributed by atoms with van der Waals surface area (Å²) in [4.78, 5) is 24.4. The number of aryl methyl sites for hydroxylation is 1. The Balaban J connectivity index is 1.63. The molecule has 0 bridgehead atoms. The molecule has 2 aromatic carbocycles. The summed E-state index contributed by atoms with van der Waals surface area (Å²) in [6.07, 6.45) is 0.819. The van der Waals surface area contributed by atoms with Crippen LogP contribution in [0.1, 0.15) is 44.4 Å². The number of carbonyl (C=O) groups is 2. The number of hydrogen-bond acceptors (Lipinski definition) is 5. The van der Waals surface area contributed by atoms with Crippen LogP contribution in [0, 0.1) is 0 Å². The van der Waals surface area contributed by atoms with Gasteiger partial charge in [0.25, 0.3) is 5.91 Å². The number of ether oxygens (including phenoxy) is 2. The van der Waals surface area contributed by atoms with Gasteiger partial charge in [-0.25, -0.2) is 4.79 Å². The highest BCUT2D eigenvalue weighted by Crippen LogP contribution is 2.32. The predicted molar refractivity (Wildman–Crippen MR) is 112 cm³/mol. The zero-order valence-corrected chi connectivity index (χ0v) is 17.5. The lowest BCUT2D eigenvalue weighted by Crippen LogP contribution is -2.35. The van der Waals surface area contributed by atoms with Crippen molar-refractivity contribution in [3.63, 3.8) is 0 Å². The van der Waals surface area contributed by atoms with Crippen LogP contribution in [0.3, 0.4) is 0 Å². The minimum Gasteiger partial charge on any atom is -0.479 e. The van der Waals surface area contributed by atoms with Crippen LogP contribution >= 0.6 is 11.6 Å². The number of halogens is 1. The number of anilines is 1. The normalized spacial score (nSPS) is 17.0. The van der Waals surface area contributed by atoms with Gasteiger partial charge in [-0.15, -0.1) is 0 Å². The number of nitrogens with one attached hydrogen (secondary N) is 1. The summed E-state index contributed by atoms with van der Waals surface area (Å²) in [6.45, 7) is 5.38. The maximum atomic E-state index is 12.6. The van der Waals surface area contributed by atoms with Gasteiger partial charge in [0.05, 0.1) is 5.69 Å². The smallest absolute Gasteiger partial charge is 0.328 e. The summed E-state index contributed by atoms with van der Waals surface area (Å²) in [6, 6.07) is 11.7. The van der Waals surface area contributed by atoms with E-state index in [2.05, 4.69) is 5.32 Å². The van der Waals surface area contributed by atoms with Crippen LogP contribution in [0.4, 0.5) is 5.69 Å². The molecular formula is C22H25ClN2O4. The van der Waals surface area contributed by atoms with E-state index in [1.54, 1.807) is 25.1 Å². The Morgan fingerprint density at radius 1 is 1.28 bits per heavy atom. The lowest BCUT2D eigenvalue weighted by Gasteiger charge is -2.28. The Morgan fingerprint density at radius 3 is 2.66 bits per heavy atom. The second-order valence-electron chi connectivity index (χ2n) is 7.79. The fraction of sp³-hybridized carbons (Fsp3) is 0.364. The van der Waals surface area contributed by atoms with Gasteiger partial charge < -0.3 is 20.5 Å². The van der Waals surface area contributed by atoms with Crippen molar-refractivity contribution in [1.82, 2.24) is 0 Å². The molecule has 1 aliphatic heterocycles. The highest BCUT2D eigenvalue weighted by Gasteiger charge is 2.29. The van der Waals surface area contributed by atoms with Crippen molar-refractivity contribution in [2.24, 2.45) is 5.73 Å². The van der Waals surface area contributed by atoms with Crippen molar-refractivity contribution in [2.45, 2.75) is 51.4 Å². The summed E-state index contributed by atoms with van der Waals surface area (Å²) in [5, 5.41) is 3.44. The molecule has 1 amide bonds. The monoisotopic (exact) mass is 416 g/mol. The summed E-state index contributed by atoms with van der Waals surface area (Å²) in [5.41, 5.74) is 7.59. The van der Waals surface area contributed by atoms with E-state index in [9.17, 15) is 9.59 Å². The van der Waals surface area contributed by atoms with E-state index in [1.807, 2.05) is 38.1 Å². The van der Waals surface area contributed by atoms with E-state index in [1.165, 1.54) is 0 Å². The maximum Gasteiger partial charge on any atom is 0.328 e. The molecule has 29 heavy (non-hydrogen) atoms. The predicted octanol–water partition coefficient (Wildman–Crippen LogP) is 4.01. The molecule has 3 N–H and O–H groups in total. The first-order valence-corrected chi connectivity index (χ1v) is 9.87. The third kappa shape index (κ3) is 5.28. The van der Waals surface area contributed by atoms with E-state index in [-0.39, 0.29) is 5.91 Å². The van der Waals surface area contributed by atoms with Gasteiger partial charge in [0.15, 0.2) is 6.10 Å². The standard InChI is InChI=1S/C22H25ClN2O4/c1-13-20(26)25-17-12-15(6-9-18(17)28-13)19(24)21(27)29-22(2,3)11-10-14-4-7-16(23)8-5-14/h4-9,12-13,19H,10-11,24H2,1-3H3,(H,25,26). The number of nitrogens with two attached hydrogens (primary N) is 1. The molecule has 0 aromatic heterocycles. The summed E-state index contributed by atoms with van der Waals surface area (Å²) < 4.78 is 11.2. The van der Waals surface area contributed by atoms with Crippen molar-refractivity contribution < 1.29 is 19.1 Å². The average molecular weight is 417 g/mol. The molecule has 3 rings (SSSR count). The van der Waals surface area contributed by atoms with Crippen LogP contribution in [0.2, 0.25) is 5.02 Å². The molecule has 2 atom stereocenters. The van der Waals surface area contributed by atoms with Gasteiger partial charge in [0, 0.05) is 5.02 Å². The zero-order chi connectivity index (χ0) is 21.2. The molecule has 0 radical (unpaired) electrons. The highest BCUT2D eigenvalue weighted by molar-refractivity contribution is 6.30. The fourth-order valence-corrected chi connectivity index (χ4v) is 3.17. The van der Waals surface area contributed by atoms with Crippen molar-refractivity contribution in [3.05, 3.63) is 58.6 Å². The minimum atomic E-state index is -0.966. The van der Waals surface area contributed by atoms with Gasteiger partial charge in [-0.05, 0) is 69.0 Å². The number of hydrogen-bond donors (Lipinski definition) is 2. The van der Waals surface area contributed by atoms with Crippen LogP contribution in [-0.2, 0) is 20.7 Å². The third-order valence-electron chi connectivity index (χ3n) is 4.85. The summed E-state index contributed by atoms with van der Waals surface area (Å²) in [7, 11) is 0. The first-order chi connectivity index (χ1) is 13.6. The van der Waals surface area contributed by atoms with Gasteiger partial charge in [0.1, 0.15) is 17.4 Å². The SMILES string of the molecule is CC1Oc2ccc(C(N)C(=O)OC(C)(C)CCc3ccc(Cl)cc3)cc2NC1=O. The van der Waals surface area contributed by atoms with Crippen LogP contribution < -0.4 is 15.8 Å². The van der Waals surface area contributed by atoms with Gasteiger partial charge in [0.2, 0.25) is 0 Å². The molecule has 2 aromatic rings. The number of carbonyl (C=O) groups excluding carboxylic acids is 2. The Labute approximate surface area is 175 Å². The topological polar surface area (TPSA) is 90.7 Å². The Bertz CT molecular complexity index is 912.